The molecule has 0 amide bonds. The highest BCUT2D eigenvalue weighted by atomic mass is 16.5. The Balaban J connectivity index is 1.99. The third-order valence-electron chi connectivity index (χ3n) is 2.66. The summed E-state index contributed by atoms with van der Waals surface area (Å²) in [6.45, 7) is 2.37. The van der Waals surface area contributed by atoms with Gasteiger partial charge < -0.3 is 19.8 Å². The summed E-state index contributed by atoms with van der Waals surface area (Å²) in [5.74, 6) is 0. The van der Waals surface area contributed by atoms with Crippen LogP contribution in [-0.2, 0) is 4.74 Å². The van der Waals surface area contributed by atoms with Gasteiger partial charge >= 0.3 is 0 Å². The van der Waals surface area contributed by atoms with Crippen LogP contribution in [0.3, 0.4) is 0 Å². The largest absolute Gasteiger partial charge is 0.394 e. The SMILES string of the molecule is CC1=CN(C2CC(O)C(CO)O2)CN=C1. The van der Waals surface area contributed by atoms with Crippen molar-refractivity contribution in [1.29, 1.82) is 0 Å². The maximum absolute atomic E-state index is 9.59. The van der Waals surface area contributed by atoms with Crippen LogP contribution < -0.4 is 0 Å². The Morgan fingerprint density at radius 3 is 3.07 bits per heavy atom. The normalized spacial score (nSPS) is 35.8. The summed E-state index contributed by atoms with van der Waals surface area (Å²) in [4.78, 5) is 6.11. The van der Waals surface area contributed by atoms with Crippen LogP contribution in [0.15, 0.2) is 16.8 Å². The summed E-state index contributed by atoms with van der Waals surface area (Å²) in [7, 11) is 0. The van der Waals surface area contributed by atoms with Crippen LogP contribution in [-0.4, -0.2) is 53.0 Å². The van der Waals surface area contributed by atoms with E-state index < -0.39 is 12.2 Å². The van der Waals surface area contributed by atoms with Gasteiger partial charge in [-0.3, -0.25) is 4.99 Å². The molecule has 3 atom stereocenters. The molecule has 2 N–H and O–H groups in total. The molecule has 84 valence electrons. The van der Waals surface area contributed by atoms with E-state index in [2.05, 4.69) is 4.99 Å². The predicted molar refractivity (Wildman–Crippen MR) is 55.3 cm³/mol. The van der Waals surface area contributed by atoms with E-state index in [4.69, 9.17) is 9.84 Å². The molecule has 1 fully saturated rings. The van der Waals surface area contributed by atoms with E-state index in [1.807, 2.05) is 24.2 Å². The fraction of sp³-hybridized carbons (Fsp3) is 0.700. The standard InChI is InChI=1S/C10H16N2O3/c1-7-3-11-6-12(4-7)10-2-8(14)9(5-13)15-10/h3-4,8-10,13-14H,2,5-6H2,1H3. The number of hydrogen-bond donors (Lipinski definition) is 2. The Morgan fingerprint density at radius 2 is 2.47 bits per heavy atom. The molecule has 15 heavy (non-hydrogen) atoms. The summed E-state index contributed by atoms with van der Waals surface area (Å²) in [5.41, 5.74) is 1.06. The third kappa shape index (κ3) is 2.19. The average molecular weight is 212 g/mol. The smallest absolute Gasteiger partial charge is 0.134 e. The summed E-state index contributed by atoms with van der Waals surface area (Å²) < 4.78 is 5.52. The highest BCUT2D eigenvalue weighted by Crippen LogP contribution is 2.24. The number of rotatable bonds is 2. The Labute approximate surface area is 88.7 Å². The van der Waals surface area contributed by atoms with Crippen molar-refractivity contribution in [2.45, 2.75) is 31.8 Å². The van der Waals surface area contributed by atoms with E-state index in [9.17, 15) is 5.11 Å². The monoisotopic (exact) mass is 212 g/mol. The molecule has 5 heteroatoms. The third-order valence-corrected chi connectivity index (χ3v) is 2.66. The molecule has 0 aromatic heterocycles. The molecular formula is C10H16N2O3. The van der Waals surface area contributed by atoms with Crippen molar-refractivity contribution in [3.63, 3.8) is 0 Å². The van der Waals surface area contributed by atoms with Crippen molar-refractivity contribution in [3.8, 4) is 0 Å². The molecule has 0 aromatic carbocycles. The minimum atomic E-state index is -0.584. The molecule has 3 unspecified atom stereocenters. The topological polar surface area (TPSA) is 65.3 Å². The maximum atomic E-state index is 9.59. The Kier molecular flexibility index (Phi) is 3.04. The fourth-order valence-corrected chi connectivity index (χ4v) is 1.87. The second-order valence-electron chi connectivity index (χ2n) is 3.96. The quantitative estimate of drug-likeness (QED) is 0.659. The number of aliphatic hydroxyl groups is 2. The number of aliphatic imine (C=N–C) groups is 1. The minimum absolute atomic E-state index is 0.141. The summed E-state index contributed by atoms with van der Waals surface area (Å²) in [5, 5.41) is 18.5. The Bertz CT molecular complexity index is 290. The van der Waals surface area contributed by atoms with E-state index in [1.165, 1.54) is 0 Å². The van der Waals surface area contributed by atoms with E-state index in [0.717, 1.165) is 5.57 Å². The predicted octanol–water partition coefficient (Wildman–Crippen LogP) is -0.298. The Hall–Kier alpha value is -0.910. The molecule has 0 aliphatic carbocycles. The summed E-state index contributed by atoms with van der Waals surface area (Å²) in [6, 6.07) is 0. The molecule has 2 aliphatic rings. The van der Waals surface area contributed by atoms with Crippen LogP contribution in [0.5, 0.6) is 0 Å². The van der Waals surface area contributed by atoms with Crippen molar-refractivity contribution in [2.24, 2.45) is 4.99 Å². The van der Waals surface area contributed by atoms with Crippen molar-refractivity contribution in [1.82, 2.24) is 4.90 Å². The van der Waals surface area contributed by atoms with Gasteiger partial charge in [-0.05, 0) is 12.5 Å². The molecule has 0 radical (unpaired) electrons. The van der Waals surface area contributed by atoms with E-state index in [1.54, 1.807) is 0 Å². The zero-order valence-electron chi connectivity index (χ0n) is 8.71. The van der Waals surface area contributed by atoms with Crippen molar-refractivity contribution in [3.05, 3.63) is 11.8 Å². The van der Waals surface area contributed by atoms with Gasteiger partial charge in [0.2, 0.25) is 0 Å². The molecule has 5 nitrogen and oxygen atoms in total. The van der Waals surface area contributed by atoms with Crippen LogP contribution in [0.1, 0.15) is 13.3 Å². The molecule has 0 bridgehead atoms. The van der Waals surface area contributed by atoms with Gasteiger partial charge in [0, 0.05) is 18.8 Å². The van der Waals surface area contributed by atoms with Crippen molar-refractivity contribution in [2.75, 3.05) is 13.3 Å². The van der Waals surface area contributed by atoms with Crippen molar-refractivity contribution < 1.29 is 14.9 Å². The fourth-order valence-electron chi connectivity index (χ4n) is 1.87. The molecule has 0 saturated carbocycles. The van der Waals surface area contributed by atoms with Gasteiger partial charge in [-0.25, -0.2) is 0 Å². The second kappa shape index (κ2) is 4.30. The number of allylic oxidation sites excluding steroid dienone is 1. The minimum Gasteiger partial charge on any atom is -0.394 e. The molecule has 2 aliphatic heterocycles. The molecule has 0 aromatic rings. The van der Waals surface area contributed by atoms with Gasteiger partial charge in [0.05, 0.1) is 12.7 Å². The first-order chi connectivity index (χ1) is 7.20. The second-order valence-corrected chi connectivity index (χ2v) is 3.96. The van der Waals surface area contributed by atoms with Gasteiger partial charge in [0.25, 0.3) is 0 Å². The van der Waals surface area contributed by atoms with Crippen LogP contribution in [0.25, 0.3) is 0 Å². The lowest BCUT2D eigenvalue weighted by atomic mass is 10.2. The number of hydrogen-bond acceptors (Lipinski definition) is 5. The highest BCUT2D eigenvalue weighted by molar-refractivity contribution is 5.78. The van der Waals surface area contributed by atoms with Crippen LogP contribution in [0, 0.1) is 0 Å². The Morgan fingerprint density at radius 1 is 1.67 bits per heavy atom. The first-order valence-electron chi connectivity index (χ1n) is 5.09. The van der Waals surface area contributed by atoms with Crippen molar-refractivity contribution >= 4 is 6.21 Å². The lowest BCUT2D eigenvalue weighted by molar-refractivity contribution is -0.0638. The van der Waals surface area contributed by atoms with Gasteiger partial charge in [-0.15, -0.1) is 0 Å². The zero-order valence-corrected chi connectivity index (χ0v) is 8.71. The molecule has 1 saturated heterocycles. The first-order valence-corrected chi connectivity index (χ1v) is 5.09. The number of ether oxygens (including phenoxy) is 1. The number of nitrogens with zero attached hydrogens (tertiary/aromatic N) is 2. The van der Waals surface area contributed by atoms with E-state index in [0.29, 0.717) is 13.1 Å². The summed E-state index contributed by atoms with van der Waals surface area (Å²) in [6.07, 6.45) is 3.07. The van der Waals surface area contributed by atoms with Crippen LogP contribution in [0.4, 0.5) is 0 Å². The van der Waals surface area contributed by atoms with Gasteiger partial charge in [0.15, 0.2) is 0 Å². The van der Waals surface area contributed by atoms with Gasteiger partial charge in [0.1, 0.15) is 19.0 Å². The van der Waals surface area contributed by atoms with Gasteiger partial charge in [-0.1, -0.05) is 0 Å². The summed E-state index contributed by atoms with van der Waals surface area (Å²) >= 11 is 0. The maximum Gasteiger partial charge on any atom is 0.134 e. The van der Waals surface area contributed by atoms with E-state index in [-0.39, 0.29) is 12.8 Å². The van der Waals surface area contributed by atoms with Gasteiger partial charge in [-0.2, -0.15) is 0 Å². The molecular weight excluding hydrogens is 196 g/mol. The van der Waals surface area contributed by atoms with Crippen LogP contribution >= 0.6 is 0 Å². The number of aliphatic hydroxyl groups excluding tert-OH is 2. The molecule has 2 heterocycles. The van der Waals surface area contributed by atoms with Crippen LogP contribution in [0.2, 0.25) is 0 Å². The first kappa shape index (κ1) is 10.6. The van der Waals surface area contributed by atoms with E-state index >= 15 is 0 Å². The molecule has 0 spiro atoms. The molecule has 2 rings (SSSR count). The highest BCUT2D eigenvalue weighted by Gasteiger charge is 2.36. The lowest BCUT2D eigenvalue weighted by Gasteiger charge is -2.27. The zero-order chi connectivity index (χ0) is 10.8. The lowest BCUT2D eigenvalue weighted by Crippen LogP contribution is -2.33. The average Bonchev–Trinajstić information content (AvgIpc) is 2.60.